The van der Waals surface area contributed by atoms with E-state index in [1.165, 1.54) is 0 Å². The van der Waals surface area contributed by atoms with Gasteiger partial charge in [0.05, 0.1) is 18.8 Å². The van der Waals surface area contributed by atoms with Crippen molar-refractivity contribution in [1.29, 1.82) is 0 Å². The molecule has 8 heavy (non-hydrogen) atoms. The summed E-state index contributed by atoms with van der Waals surface area (Å²) in [6.45, 7) is 1.58. The number of hydrogen-bond donors (Lipinski definition) is 3. The first-order valence-electron chi connectivity index (χ1n) is 2.47. The topological polar surface area (TPSA) is 52.5 Å². The normalized spacial score (nSPS) is 18.0. The fourth-order valence-electron chi connectivity index (χ4n) is 0.345. The largest absolute Gasteiger partial charge is 0.395 e. The highest BCUT2D eigenvalue weighted by atomic mass is 31.0. The zero-order valence-corrected chi connectivity index (χ0v) is 5.99. The molecule has 0 heterocycles. The maximum atomic E-state index is 8.78. The molecule has 0 aliphatic rings. The molecule has 0 aliphatic carbocycles. The van der Waals surface area contributed by atoms with Gasteiger partial charge in [0.1, 0.15) is 0 Å². The van der Waals surface area contributed by atoms with E-state index in [2.05, 4.69) is 14.5 Å². The standard InChI is InChI=1S/C4H12NO2P/c1-3(7)4(2-6)5-8/h3-7H,2,8H2,1H3. The molecule has 3 atom stereocenters. The van der Waals surface area contributed by atoms with E-state index in [-0.39, 0.29) is 12.6 Å². The SMILES string of the molecule is CC(O)C(CO)NP. The van der Waals surface area contributed by atoms with Crippen LogP contribution in [0.5, 0.6) is 0 Å². The first-order valence-corrected chi connectivity index (χ1v) is 3.05. The average Bonchev–Trinajstić information content (AvgIpc) is 1.69. The van der Waals surface area contributed by atoms with Crippen LogP contribution >= 0.6 is 9.39 Å². The number of hydrogen-bond acceptors (Lipinski definition) is 3. The third-order valence-corrected chi connectivity index (χ3v) is 1.42. The van der Waals surface area contributed by atoms with Crippen molar-refractivity contribution in [2.45, 2.75) is 19.1 Å². The van der Waals surface area contributed by atoms with Crippen molar-refractivity contribution in [3.8, 4) is 0 Å². The lowest BCUT2D eigenvalue weighted by Crippen LogP contribution is -2.35. The lowest BCUT2D eigenvalue weighted by molar-refractivity contribution is 0.117. The molecule has 0 saturated heterocycles. The third-order valence-electron chi connectivity index (χ3n) is 0.993. The van der Waals surface area contributed by atoms with Crippen molar-refractivity contribution >= 4 is 9.39 Å². The second kappa shape index (κ2) is 4.21. The van der Waals surface area contributed by atoms with Crippen LogP contribution in [0.2, 0.25) is 0 Å². The van der Waals surface area contributed by atoms with Crippen LogP contribution in [0.1, 0.15) is 6.92 Å². The van der Waals surface area contributed by atoms with Crippen molar-refractivity contribution in [2.75, 3.05) is 6.61 Å². The molecule has 0 rings (SSSR count). The summed E-state index contributed by atoms with van der Waals surface area (Å²) in [5, 5.41) is 19.9. The van der Waals surface area contributed by atoms with Gasteiger partial charge in [0.2, 0.25) is 0 Å². The van der Waals surface area contributed by atoms with Crippen LogP contribution < -0.4 is 5.09 Å². The van der Waals surface area contributed by atoms with E-state index in [0.29, 0.717) is 0 Å². The van der Waals surface area contributed by atoms with Gasteiger partial charge in [-0.2, -0.15) is 0 Å². The Kier molecular flexibility index (Phi) is 4.38. The second-order valence-corrected chi connectivity index (χ2v) is 2.03. The fourth-order valence-corrected chi connectivity index (χ4v) is 0.728. The Morgan fingerprint density at radius 2 is 2.25 bits per heavy atom. The first kappa shape index (κ1) is 8.31. The molecule has 0 saturated carbocycles. The fraction of sp³-hybridized carbons (Fsp3) is 1.00. The molecule has 0 fully saturated rings. The lowest BCUT2D eigenvalue weighted by Gasteiger charge is -2.14. The number of rotatable bonds is 3. The highest BCUT2D eigenvalue weighted by Crippen LogP contribution is 1.91. The van der Waals surface area contributed by atoms with Gasteiger partial charge in [-0.15, -0.1) is 0 Å². The van der Waals surface area contributed by atoms with Gasteiger partial charge in [-0.3, -0.25) is 5.09 Å². The zero-order chi connectivity index (χ0) is 6.57. The summed E-state index contributed by atoms with van der Waals surface area (Å²) in [6, 6.07) is -0.222. The zero-order valence-electron chi connectivity index (χ0n) is 4.83. The summed E-state index contributed by atoms with van der Waals surface area (Å²) in [5.41, 5.74) is 0. The maximum Gasteiger partial charge on any atom is 0.0690 e. The lowest BCUT2D eigenvalue weighted by atomic mass is 10.2. The van der Waals surface area contributed by atoms with E-state index in [4.69, 9.17) is 10.2 Å². The van der Waals surface area contributed by atoms with E-state index < -0.39 is 6.10 Å². The van der Waals surface area contributed by atoms with Crippen LogP contribution in [0.4, 0.5) is 0 Å². The van der Waals surface area contributed by atoms with Gasteiger partial charge < -0.3 is 10.2 Å². The van der Waals surface area contributed by atoms with Crippen molar-refractivity contribution in [3.05, 3.63) is 0 Å². The Morgan fingerprint density at radius 1 is 1.75 bits per heavy atom. The molecule has 0 bridgehead atoms. The van der Waals surface area contributed by atoms with Gasteiger partial charge in [-0.1, -0.05) is 9.39 Å². The molecule has 0 radical (unpaired) electrons. The minimum atomic E-state index is -0.502. The average molecular weight is 137 g/mol. The minimum Gasteiger partial charge on any atom is -0.395 e. The first-order chi connectivity index (χ1) is 3.72. The highest BCUT2D eigenvalue weighted by molar-refractivity contribution is 7.13. The number of aliphatic hydroxyl groups is 2. The summed E-state index contributed by atoms with van der Waals surface area (Å²) in [6.07, 6.45) is -0.502. The summed E-state index contributed by atoms with van der Waals surface area (Å²) < 4.78 is 0. The quantitative estimate of drug-likeness (QED) is 0.442. The maximum absolute atomic E-state index is 8.78. The van der Waals surface area contributed by atoms with E-state index >= 15 is 0 Å². The Bertz CT molecular complexity index is 56.0. The molecule has 3 N–H and O–H groups in total. The van der Waals surface area contributed by atoms with Gasteiger partial charge in [-0.05, 0) is 6.92 Å². The minimum absolute atomic E-state index is 0.0405. The molecule has 0 amide bonds. The van der Waals surface area contributed by atoms with Crippen LogP contribution in [-0.4, -0.2) is 29.0 Å². The highest BCUT2D eigenvalue weighted by Gasteiger charge is 2.08. The Labute approximate surface area is 51.4 Å². The second-order valence-electron chi connectivity index (χ2n) is 1.70. The molecule has 0 aromatic heterocycles. The van der Waals surface area contributed by atoms with Crippen LogP contribution in [0.25, 0.3) is 0 Å². The van der Waals surface area contributed by atoms with Crippen molar-refractivity contribution < 1.29 is 10.2 Å². The Morgan fingerprint density at radius 3 is 2.25 bits per heavy atom. The van der Waals surface area contributed by atoms with E-state index in [9.17, 15) is 0 Å². The molecule has 4 heteroatoms. The molecule has 50 valence electrons. The number of aliphatic hydroxyl groups excluding tert-OH is 2. The summed E-state index contributed by atoms with van der Waals surface area (Å²) in [5.74, 6) is 0. The molecular formula is C4H12NO2P. The summed E-state index contributed by atoms with van der Waals surface area (Å²) >= 11 is 0. The van der Waals surface area contributed by atoms with Crippen LogP contribution in [-0.2, 0) is 0 Å². The Balaban J connectivity index is 3.35. The third kappa shape index (κ3) is 2.58. The monoisotopic (exact) mass is 137 g/mol. The van der Waals surface area contributed by atoms with Gasteiger partial charge >= 0.3 is 0 Å². The molecule has 0 aromatic carbocycles. The predicted molar refractivity (Wildman–Crippen MR) is 35.4 cm³/mol. The molecule has 3 nitrogen and oxygen atoms in total. The number of nitrogens with one attached hydrogen (secondary N) is 1. The molecular weight excluding hydrogens is 125 g/mol. The van der Waals surface area contributed by atoms with Crippen molar-refractivity contribution in [1.82, 2.24) is 5.09 Å². The van der Waals surface area contributed by atoms with Crippen LogP contribution in [0.3, 0.4) is 0 Å². The van der Waals surface area contributed by atoms with E-state index in [0.717, 1.165) is 0 Å². The molecule has 0 spiro atoms. The van der Waals surface area contributed by atoms with E-state index in [1.807, 2.05) is 0 Å². The van der Waals surface area contributed by atoms with Gasteiger partial charge in [0.25, 0.3) is 0 Å². The van der Waals surface area contributed by atoms with Crippen LogP contribution in [0, 0.1) is 0 Å². The Hall–Kier alpha value is 0.310. The van der Waals surface area contributed by atoms with Gasteiger partial charge in [0.15, 0.2) is 0 Å². The molecule has 0 aliphatic heterocycles. The van der Waals surface area contributed by atoms with Crippen LogP contribution in [0.15, 0.2) is 0 Å². The van der Waals surface area contributed by atoms with E-state index in [1.54, 1.807) is 6.92 Å². The molecule has 3 unspecified atom stereocenters. The van der Waals surface area contributed by atoms with Gasteiger partial charge in [-0.25, -0.2) is 0 Å². The predicted octanol–water partition coefficient (Wildman–Crippen LogP) is -0.892. The smallest absolute Gasteiger partial charge is 0.0690 e. The summed E-state index contributed by atoms with van der Waals surface area (Å²) in [4.78, 5) is 0. The molecule has 0 aromatic rings. The van der Waals surface area contributed by atoms with Crippen molar-refractivity contribution in [3.63, 3.8) is 0 Å². The summed E-state index contributed by atoms with van der Waals surface area (Å²) in [7, 11) is 2.24. The van der Waals surface area contributed by atoms with Gasteiger partial charge in [0, 0.05) is 0 Å². The van der Waals surface area contributed by atoms with Crippen molar-refractivity contribution in [2.24, 2.45) is 0 Å².